The number of aliphatic carboxylic acids is 1. The number of hydrogen-bond donors (Lipinski definition) is 1. The van der Waals surface area contributed by atoms with Crippen LogP contribution in [-0.4, -0.2) is 11.1 Å². The van der Waals surface area contributed by atoms with E-state index in [4.69, 9.17) is 10.4 Å². The topological polar surface area (TPSA) is 61.1 Å². The zero-order chi connectivity index (χ0) is 19.2. The Bertz CT molecular complexity index is 839. The summed E-state index contributed by atoms with van der Waals surface area (Å²) in [5, 5.41) is 17.4. The molecule has 3 nitrogen and oxygen atoms in total. The van der Waals surface area contributed by atoms with Crippen molar-refractivity contribution in [3.8, 4) is 6.07 Å². The molecule has 0 atom stereocenters. The lowest BCUT2D eigenvalue weighted by Gasteiger charge is -1.98. The molecule has 0 saturated carbocycles. The van der Waals surface area contributed by atoms with Crippen LogP contribution in [-0.2, 0) is 4.79 Å². The van der Waals surface area contributed by atoms with Gasteiger partial charge in [-0.3, -0.25) is 0 Å². The van der Waals surface area contributed by atoms with Crippen LogP contribution in [0.25, 0.3) is 12.2 Å². The molecular weight excluding hydrogens is 322 g/mol. The van der Waals surface area contributed by atoms with E-state index >= 15 is 0 Å². The molecule has 0 spiro atoms. The summed E-state index contributed by atoms with van der Waals surface area (Å²) in [6.45, 7) is 5.15. The van der Waals surface area contributed by atoms with E-state index in [-0.39, 0.29) is 5.57 Å². The molecule has 26 heavy (non-hydrogen) atoms. The molecule has 2 rings (SSSR count). The predicted octanol–water partition coefficient (Wildman–Crippen LogP) is 5.51. The molecule has 2 aromatic carbocycles. The molecule has 0 heterocycles. The van der Waals surface area contributed by atoms with E-state index < -0.39 is 5.97 Å². The highest BCUT2D eigenvalue weighted by atomic mass is 16.4. The summed E-state index contributed by atoms with van der Waals surface area (Å²) in [7, 11) is 0. The van der Waals surface area contributed by atoms with Crippen molar-refractivity contribution >= 4 is 18.1 Å². The normalized spacial score (nSPS) is 11.2. The largest absolute Gasteiger partial charge is 0.478 e. The van der Waals surface area contributed by atoms with Gasteiger partial charge in [0.05, 0.1) is 6.07 Å². The standard InChI is InChI=1S/C15H13NO2.C8H8/c1-12(15(17)18)10-14(8-5-9-16)11-13-6-3-2-4-7-13;1-2-8-6-4-3-5-7-8/h2-8,10-11H,1H3,(H,17,18);2-7H,1H2. The number of allylic oxidation sites excluding steroid dienone is 4. The first-order valence-corrected chi connectivity index (χ1v) is 7.99. The quantitative estimate of drug-likeness (QED) is 0.442. The Hall–Kier alpha value is -3.64. The number of carbonyl (C=O) groups is 1. The Morgan fingerprint density at radius 1 is 1.04 bits per heavy atom. The third kappa shape index (κ3) is 8.28. The zero-order valence-electron chi connectivity index (χ0n) is 14.7. The van der Waals surface area contributed by atoms with Gasteiger partial charge in [0.15, 0.2) is 0 Å². The fourth-order valence-corrected chi connectivity index (χ4v) is 1.91. The van der Waals surface area contributed by atoms with Gasteiger partial charge in [-0.25, -0.2) is 4.79 Å². The Morgan fingerprint density at radius 2 is 1.58 bits per heavy atom. The van der Waals surface area contributed by atoms with Crippen molar-refractivity contribution in [1.82, 2.24) is 0 Å². The summed E-state index contributed by atoms with van der Waals surface area (Å²) in [6.07, 6.45) is 8.09. The highest BCUT2D eigenvalue weighted by molar-refractivity contribution is 5.87. The van der Waals surface area contributed by atoms with E-state index in [0.29, 0.717) is 5.57 Å². The second-order valence-electron chi connectivity index (χ2n) is 5.26. The second kappa shape index (κ2) is 11.8. The van der Waals surface area contributed by atoms with Crippen molar-refractivity contribution < 1.29 is 9.90 Å². The molecule has 0 aromatic heterocycles. The van der Waals surface area contributed by atoms with Gasteiger partial charge in [-0.05, 0) is 41.9 Å². The zero-order valence-corrected chi connectivity index (χ0v) is 14.7. The molecule has 0 bridgehead atoms. The SMILES string of the molecule is C=Cc1ccccc1.CC(=CC(C=CC#N)=Cc1ccccc1)C(=O)O. The van der Waals surface area contributed by atoms with E-state index in [1.807, 2.05) is 78.9 Å². The third-order valence-corrected chi connectivity index (χ3v) is 3.24. The first-order valence-electron chi connectivity index (χ1n) is 7.99. The van der Waals surface area contributed by atoms with Gasteiger partial charge >= 0.3 is 5.97 Å². The minimum Gasteiger partial charge on any atom is -0.478 e. The van der Waals surface area contributed by atoms with Crippen LogP contribution in [0.2, 0.25) is 0 Å². The highest BCUT2D eigenvalue weighted by Gasteiger charge is 2.00. The molecule has 0 aliphatic heterocycles. The van der Waals surface area contributed by atoms with E-state index in [1.54, 1.807) is 6.08 Å². The Kier molecular flexibility index (Phi) is 9.28. The maximum Gasteiger partial charge on any atom is 0.331 e. The van der Waals surface area contributed by atoms with Crippen molar-refractivity contribution in [3.05, 3.63) is 108 Å². The van der Waals surface area contributed by atoms with Crippen LogP contribution in [0.3, 0.4) is 0 Å². The molecule has 0 fully saturated rings. The van der Waals surface area contributed by atoms with E-state index in [1.165, 1.54) is 24.6 Å². The molecule has 0 amide bonds. The monoisotopic (exact) mass is 343 g/mol. The van der Waals surface area contributed by atoms with Crippen molar-refractivity contribution in [2.75, 3.05) is 0 Å². The lowest BCUT2D eigenvalue weighted by atomic mass is 10.1. The van der Waals surface area contributed by atoms with Crippen molar-refractivity contribution in [1.29, 1.82) is 5.26 Å². The van der Waals surface area contributed by atoms with Gasteiger partial charge in [-0.2, -0.15) is 5.26 Å². The summed E-state index contributed by atoms with van der Waals surface area (Å²) in [5.41, 5.74) is 3.01. The Balaban J connectivity index is 0.000000350. The Morgan fingerprint density at radius 3 is 2.00 bits per heavy atom. The number of nitriles is 1. The molecule has 2 aromatic rings. The second-order valence-corrected chi connectivity index (χ2v) is 5.26. The highest BCUT2D eigenvalue weighted by Crippen LogP contribution is 2.11. The number of nitrogens with zero attached hydrogens (tertiary/aromatic N) is 1. The van der Waals surface area contributed by atoms with Gasteiger partial charge in [0, 0.05) is 11.6 Å². The summed E-state index contributed by atoms with van der Waals surface area (Å²) in [6, 6.07) is 21.4. The molecule has 3 heteroatoms. The number of benzene rings is 2. The first-order chi connectivity index (χ1) is 12.6. The number of carboxylic acids is 1. The molecule has 0 saturated heterocycles. The fraction of sp³-hybridized carbons (Fsp3) is 0.0435. The van der Waals surface area contributed by atoms with Crippen LogP contribution in [0.5, 0.6) is 0 Å². The summed E-state index contributed by atoms with van der Waals surface area (Å²) in [5.74, 6) is -0.973. The van der Waals surface area contributed by atoms with Crippen LogP contribution < -0.4 is 0 Å². The average molecular weight is 343 g/mol. The van der Waals surface area contributed by atoms with Crippen LogP contribution in [0.1, 0.15) is 18.1 Å². The first kappa shape index (κ1) is 20.4. The Labute approximate surface area is 154 Å². The van der Waals surface area contributed by atoms with Crippen molar-refractivity contribution in [3.63, 3.8) is 0 Å². The maximum absolute atomic E-state index is 10.8. The molecule has 0 radical (unpaired) electrons. The third-order valence-electron chi connectivity index (χ3n) is 3.24. The minimum absolute atomic E-state index is 0.222. The van der Waals surface area contributed by atoms with Crippen molar-refractivity contribution in [2.24, 2.45) is 0 Å². The maximum atomic E-state index is 10.8. The minimum atomic E-state index is -0.973. The molecule has 0 aliphatic rings. The number of rotatable bonds is 5. The van der Waals surface area contributed by atoms with Gasteiger partial charge < -0.3 is 5.11 Å². The van der Waals surface area contributed by atoms with Crippen LogP contribution in [0.4, 0.5) is 0 Å². The predicted molar refractivity (Wildman–Crippen MR) is 107 cm³/mol. The summed E-state index contributed by atoms with van der Waals surface area (Å²) in [4.78, 5) is 10.8. The summed E-state index contributed by atoms with van der Waals surface area (Å²) < 4.78 is 0. The van der Waals surface area contributed by atoms with Crippen LogP contribution >= 0.6 is 0 Å². The van der Waals surface area contributed by atoms with Gasteiger partial charge in [0.1, 0.15) is 0 Å². The van der Waals surface area contributed by atoms with E-state index in [0.717, 1.165) is 5.56 Å². The van der Waals surface area contributed by atoms with E-state index in [2.05, 4.69) is 6.58 Å². The number of hydrogen-bond acceptors (Lipinski definition) is 2. The van der Waals surface area contributed by atoms with Gasteiger partial charge in [0.2, 0.25) is 0 Å². The van der Waals surface area contributed by atoms with Crippen LogP contribution in [0, 0.1) is 11.3 Å². The molecule has 0 aliphatic carbocycles. The molecule has 0 unspecified atom stereocenters. The molecule has 1 N–H and O–H groups in total. The van der Waals surface area contributed by atoms with Crippen molar-refractivity contribution in [2.45, 2.75) is 6.92 Å². The van der Waals surface area contributed by atoms with Gasteiger partial charge in [0.25, 0.3) is 0 Å². The summed E-state index contributed by atoms with van der Waals surface area (Å²) >= 11 is 0. The van der Waals surface area contributed by atoms with Gasteiger partial charge in [-0.15, -0.1) is 0 Å². The lowest BCUT2D eigenvalue weighted by molar-refractivity contribution is -0.132. The smallest absolute Gasteiger partial charge is 0.331 e. The number of carboxylic acid groups (broad SMARTS) is 1. The molecule has 130 valence electrons. The van der Waals surface area contributed by atoms with Crippen LogP contribution in [0.15, 0.2) is 96.6 Å². The van der Waals surface area contributed by atoms with Gasteiger partial charge in [-0.1, -0.05) is 73.3 Å². The fourth-order valence-electron chi connectivity index (χ4n) is 1.91. The van der Waals surface area contributed by atoms with E-state index in [9.17, 15) is 4.79 Å². The average Bonchev–Trinajstić information content (AvgIpc) is 2.68. The lowest BCUT2D eigenvalue weighted by Crippen LogP contribution is -1.96. The molecular formula is C23H21NO2.